The molecule has 0 radical (unpaired) electrons. The average molecular weight is 446 g/mol. The first kappa shape index (κ1) is 23.0. The molecule has 2 N–H and O–H groups in total. The van der Waals surface area contributed by atoms with Gasteiger partial charge in [-0.3, -0.25) is 4.99 Å². The minimum absolute atomic E-state index is 0.104. The van der Waals surface area contributed by atoms with Gasteiger partial charge >= 0.3 is 5.97 Å². The minimum Gasteiger partial charge on any atom is -0.462 e. The fourth-order valence-corrected chi connectivity index (χ4v) is 4.37. The molecule has 1 aliphatic rings. The Morgan fingerprint density at radius 1 is 1.35 bits per heavy atom. The maximum Gasteiger partial charge on any atom is 0.350 e. The van der Waals surface area contributed by atoms with Crippen LogP contribution in [0.5, 0.6) is 0 Å². The summed E-state index contributed by atoms with van der Waals surface area (Å²) in [7, 11) is 1.74. The van der Waals surface area contributed by atoms with E-state index in [0.717, 1.165) is 31.3 Å². The molecule has 31 heavy (non-hydrogen) atoms. The zero-order valence-corrected chi connectivity index (χ0v) is 19.4. The van der Waals surface area contributed by atoms with Crippen LogP contribution in [0.15, 0.2) is 29.3 Å². The molecule has 0 saturated carbocycles. The van der Waals surface area contributed by atoms with Gasteiger partial charge in [0.2, 0.25) is 0 Å². The highest BCUT2D eigenvalue weighted by Crippen LogP contribution is 2.25. The van der Waals surface area contributed by atoms with Crippen molar-refractivity contribution in [2.75, 3.05) is 44.9 Å². The summed E-state index contributed by atoms with van der Waals surface area (Å²) < 4.78 is 10.6. The first-order valence-electron chi connectivity index (χ1n) is 10.6. The van der Waals surface area contributed by atoms with Crippen molar-refractivity contribution < 1.29 is 14.3 Å². The highest BCUT2D eigenvalue weighted by Gasteiger charge is 2.20. The second-order valence-corrected chi connectivity index (χ2v) is 8.24. The molecule has 3 rings (SSSR count). The van der Waals surface area contributed by atoms with Crippen LogP contribution in [-0.4, -0.2) is 56.9 Å². The van der Waals surface area contributed by atoms with Gasteiger partial charge in [-0.1, -0.05) is 18.2 Å². The van der Waals surface area contributed by atoms with Crippen LogP contribution in [0.3, 0.4) is 0 Å². The van der Waals surface area contributed by atoms with Crippen LogP contribution in [0, 0.1) is 6.92 Å². The smallest absolute Gasteiger partial charge is 0.350 e. The summed E-state index contributed by atoms with van der Waals surface area (Å²) in [6.07, 6.45) is 0. The fraction of sp³-hybridized carbons (Fsp3) is 0.500. The van der Waals surface area contributed by atoms with Gasteiger partial charge < -0.3 is 25.0 Å². The molecule has 8 nitrogen and oxygen atoms in total. The Morgan fingerprint density at radius 3 is 2.81 bits per heavy atom. The van der Waals surface area contributed by atoms with Gasteiger partial charge in [-0.05, 0) is 32.4 Å². The van der Waals surface area contributed by atoms with E-state index in [1.54, 1.807) is 14.0 Å². The highest BCUT2D eigenvalue weighted by molar-refractivity contribution is 7.13. The predicted octanol–water partition coefficient (Wildman–Crippen LogP) is 2.89. The van der Waals surface area contributed by atoms with E-state index in [2.05, 4.69) is 49.8 Å². The van der Waals surface area contributed by atoms with Crippen LogP contribution in [-0.2, 0) is 16.0 Å². The van der Waals surface area contributed by atoms with E-state index in [1.807, 2.05) is 13.8 Å². The van der Waals surface area contributed by atoms with E-state index in [4.69, 9.17) is 9.47 Å². The number of ether oxygens (including phenoxy) is 2. The Bertz CT molecular complexity index is 908. The van der Waals surface area contributed by atoms with E-state index in [-0.39, 0.29) is 12.0 Å². The van der Waals surface area contributed by atoms with Crippen molar-refractivity contribution >= 4 is 29.0 Å². The molecule has 1 aliphatic heterocycles. The van der Waals surface area contributed by atoms with Crippen LogP contribution in [0.25, 0.3) is 0 Å². The largest absolute Gasteiger partial charge is 0.462 e. The van der Waals surface area contributed by atoms with Crippen molar-refractivity contribution in [1.82, 2.24) is 15.6 Å². The first-order chi connectivity index (χ1) is 15.0. The number of morpholine rings is 1. The van der Waals surface area contributed by atoms with Gasteiger partial charge in [0.1, 0.15) is 9.88 Å². The molecule has 0 aliphatic carbocycles. The number of guanidine groups is 1. The normalized spacial score (nSPS) is 15.5. The van der Waals surface area contributed by atoms with E-state index >= 15 is 0 Å². The number of rotatable bonds is 7. The third-order valence-corrected chi connectivity index (χ3v) is 6.33. The summed E-state index contributed by atoms with van der Waals surface area (Å²) in [4.78, 5) is 23.9. The van der Waals surface area contributed by atoms with Crippen LogP contribution in [0.1, 0.15) is 45.8 Å². The number of esters is 1. The lowest BCUT2D eigenvalue weighted by Crippen LogP contribution is -2.39. The Hall–Kier alpha value is -2.65. The summed E-state index contributed by atoms with van der Waals surface area (Å²) in [5, 5.41) is 7.58. The predicted molar refractivity (Wildman–Crippen MR) is 124 cm³/mol. The van der Waals surface area contributed by atoms with Gasteiger partial charge in [-0.15, -0.1) is 11.3 Å². The Kier molecular flexibility index (Phi) is 8.25. The fourth-order valence-electron chi connectivity index (χ4n) is 3.40. The first-order valence-corrected chi connectivity index (χ1v) is 11.4. The highest BCUT2D eigenvalue weighted by atomic mass is 32.1. The number of nitrogens with one attached hydrogen (secondary N) is 2. The molecule has 168 valence electrons. The zero-order chi connectivity index (χ0) is 22.2. The summed E-state index contributed by atoms with van der Waals surface area (Å²) in [5.74, 6) is 0.355. The van der Waals surface area contributed by atoms with E-state index < -0.39 is 0 Å². The topological polar surface area (TPSA) is 88.1 Å². The maximum absolute atomic E-state index is 12.1. The van der Waals surface area contributed by atoms with E-state index in [1.165, 1.54) is 22.6 Å². The Balaban J connectivity index is 1.63. The number of aromatic nitrogens is 1. The lowest BCUT2D eigenvalue weighted by Gasteiger charge is -2.30. The van der Waals surface area contributed by atoms with Gasteiger partial charge in [-0.2, -0.15) is 0 Å². The van der Waals surface area contributed by atoms with E-state index in [0.29, 0.717) is 29.7 Å². The number of nitrogens with zero attached hydrogens (tertiary/aromatic N) is 3. The number of anilines is 1. The van der Waals surface area contributed by atoms with Gasteiger partial charge in [0.15, 0.2) is 5.96 Å². The number of hydrogen-bond acceptors (Lipinski definition) is 7. The number of carbonyl (C=O) groups excluding carboxylic acids is 1. The van der Waals surface area contributed by atoms with Gasteiger partial charge in [0, 0.05) is 32.4 Å². The van der Waals surface area contributed by atoms with Crippen molar-refractivity contribution in [3.05, 3.63) is 45.4 Å². The molecule has 1 unspecified atom stereocenters. The monoisotopic (exact) mass is 445 g/mol. The summed E-state index contributed by atoms with van der Waals surface area (Å²) >= 11 is 1.35. The van der Waals surface area contributed by atoms with Crippen LogP contribution in [0.4, 0.5) is 5.69 Å². The molecular weight excluding hydrogens is 414 g/mol. The second-order valence-electron chi connectivity index (χ2n) is 7.21. The molecule has 9 heteroatoms. The third kappa shape index (κ3) is 5.95. The van der Waals surface area contributed by atoms with Gasteiger partial charge in [0.25, 0.3) is 0 Å². The zero-order valence-electron chi connectivity index (χ0n) is 18.6. The Labute approximate surface area is 187 Å². The molecule has 1 saturated heterocycles. The second kappa shape index (κ2) is 11.1. The molecular formula is C22H31N5O3S. The molecule has 1 fully saturated rings. The van der Waals surface area contributed by atoms with E-state index in [9.17, 15) is 4.79 Å². The SMILES string of the molecule is CCOC(=O)c1sc(C(C)NC(=NC)NCc2ccccc2N2CCOCC2)nc1C. The standard InChI is InChI=1S/C22H31N5O3S/c1-5-30-21(28)19-15(2)25-20(31-19)16(3)26-22(23-4)24-14-17-8-6-7-9-18(17)27-10-12-29-13-11-27/h6-9,16H,5,10-14H2,1-4H3,(H2,23,24,26). The van der Waals surface area contributed by atoms with Crippen LogP contribution >= 0.6 is 11.3 Å². The number of benzene rings is 1. The average Bonchev–Trinajstić information content (AvgIpc) is 3.19. The number of aryl methyl sites for hydroxylation is 1. The molecule has 0 bridgehead atoms. The van der Waals surface area contributed by atoms with Crippen molar-refractivity contribution in [2.24, 2.45) is 4.99 Å². The van der Waals surface area contributed by atoms with Crippen molar-refractivity contribution in [3.8, 4) is 0 Å². The molecule has 1 aromatic heterocycles. The number of carbonyl (C=O) groups is 1. The summed E-state index contributed by atoms with van der Waals surface area (Å²) in [6.45, 7) is 9.92. The van der Waals surface area contributed by atoms with Crippen molar-refractivity contribution in [3.63, 3.8) is 0 Å². The van der Waals surface area contributed by atoms with Gasteiger partial charge in [0.05, 0.1) is 31.6 Å². The van der Waals surface area contributed by atoms with Crippen LogP contribution < -0.4 is 15.5 Å². The molecule has 2 heterocycles. The van der Waals surface area contributed by atoms with Gasteiger partial charge in [-0.25, -0.2) is 9.78 Å². The third-order valence-electron chi connectivity index (χ3n) is 5.01. The maximum atomic E-state index is 12.1. The molecule has 0 spiro atoms. The number of hydrogen-bond donors (Lipinski definition) is 2. The molecule has 1 aromatic carbocycles. The molecule has 0 amide bonds. The summed E-state index contributed by atoms with van der Waals surface area (Å²) in [5.41, 5.74) is 3.11. The molecule has 2 aromatic rings. The lowest BCUT2D eigenvalue weighted by molar-refractivity contribution is 0.0531. The lowest BCUT2D eigenvalue weighted by atomic mass is 10.1. The number of para-hydroxylation sites is 1. The van der Waals surface area contributed by atoms with Crippen molar-refractivity contribution in [2.45, 2.75) is 33.4 Å². The van der Waals surface area contributed by atoms with Crippen LogP contribution in [0.2, 0.25) is 0 Å². The minimum atomic E-state index is -0.321. The number of aliphatic imine (C=N–C) groups is 1. The quantitative estimate of drug-likeness (QED) is 0.385. The summed E-state index contributed by atoms with van der Waals surface area (Å²) in [6, 6.07) is 8.29. The Morgan fingerprint density at radius 2 is 2.10 bits per heavy atom. The van der Waals surface area contributed by atoms with Crippen molar-refractivity contribution in [1.29, 1.82) is 0 Å². The number of thiazole rings is 1. The molecule has 1 atom stereocenters.